The molecule has 0 atom stereocenters. The maximum atomic E-state index is 5.00. The van der Waals surface area contributed by atoms with Crippen molar-refractivity contribution in [2.45, 2.75) is 39.5 Å². The van der Waals surface area contributed by atoms with Crippen LogP contribution in [-0.4, -0.2) is 13.2 Å². The Hall–Kier alpha value is -0.0800. The Morgan fingerprint density at radius 1 is 1.10 bits per heavy atom. The molecule has 0 heterocycles. The van der Waals surface area contributed by atoms with E-state index in [9.17, 15) is 0 Å². The predicted molar refractivity (Wildman–Crippen MR) is 42.8 cm³/mol. The third-order valence-electron chi connectivity index (χ3n) is 1.28. The monoisotopic (exact) mass is 144 g/mol. The second kappa shape index (κ2) is 8.92. The molecule has 0 aliphatic rings. The van der Waals surface area contributed by atoms with Crippen molar-refractivity contribution in [1.82, 2.24) is 5.48 Å². The normalized spacial score (nSPS) is 10.2. The van der Waals surface area contributed by atoms with Crippen molar-refractivity contribution in [3.8, 4) is 0 Å². The van der Waals surface area contributed by atoms with Crippen LogP contribution in [0.25, 0.3) is 0 Å². The van der Waals surface area contributed by atoms with Gasteiger partial charge in [-0.25, -0.2) is 0 Å². The molecule has 0 saturated carbocycles. The zero-order valence-corrected chi connectivity index (χ0v) is 7.10. The maximum Gasteiger partial charge on any atom is 0.0702 e. The van der Waals surface area contributed by atoms with Crippen molar-refractivity contribution in [2.75, 3.05) is 13.2 Å². The molecule has 1 radical (unpaired) electrons. The second-order valence-corrected chi connectivity index (χ2v) is 2.39. The molecule has 2 heteroatoms. The van der Waals surface area contributed by atoms with Crippen LogP contribution in [0, 0.1) is 0 Å². The summed E-state index contributed by atoms with van der Waals surface area (Å²) in [5.74, 6) is 0. The van der Waals surface area contributed by atoms with E-state index in [2.05, 4.69) is 19.3 Å². The molecule has 0 rings (SSSR count). The van der Waals surface area contributed by atoms with E-state index in [1.807, 2.05) is 0 Å². The lowest BCUT2D eigenvalue weighted by molar-refractivity contribution is 0.0306. The SMILES string of the molecule is CCCC[N]OCCCC. The van der Waals surface area contributed by atoms with Crippen LogP contribution in [-0.2, 0) is 4.84 Å². The van der Waals surface area contributed by atoms with Crippen molar-refractivity contribution in [3.63, 3.8) is 0 Å². The summed E-state index contributed by atoms with van der Waals surface area (Å²) in [6.45, 7) is 5.96. The Morgan fingerprint density at radius 2 is 1.80 bits per heavy atom. The van der Waals surface area contributed by atoms with E-state index in [1.54, 1.807) is 0 Å². The van der Waals surface area contributed by atoms with Crippen molar-refractivity contribution in [3.05, 3.63) is 0 Å². The lowest BCUT2D eigenvalue weighted by Crippen LogP contribution is -2.08. The average molecular weight is 144 g/mol. The lowest BCUT2D eigenvalue weighted by atomic mass is 10.3. The van der Waals surface area contributed by atoms with E-state index in [4.69, 9.17) is 4.84 Å². The number of unbranched alkanes of at least 4 members (excludes halogenated alkanes) is 2. The molecule has 0 saturated heterocycles. The minimum Gasteiger partial charge on any atom is -0.282 e. The Bertz CT molecular complexity index is 49.2. The van der Waals surface area contributed by atoms with Crippen LogP contribution in [0.1, 0.15) is 39.5 Å². The quantitative estimate of drug-likeness (QED) is 0.396. The van der Waals surface area contributed by atoms with Gasteiger partial charge < -0.3 is 0 Å². The van der Waals surface area contributed by atoms with Gasteiger partial charge in [0.05, 0.1) is 6.61 Å². The van der Waals surface area contributed by atoms with E-state index >= 15 is 0 Å². The van der Waals surface area contributed by atoms with Gasteiger partial charge >= 0.3 is 0 Å². The number of hydrogen-bond acceptors (Lipinski definition) is 1. The molecule has 0 fully saturated rings. The Balaban J connectivity index is 2.65. The summed E-state index contributed by atoms with van der Waals surface area (Å²) >= 11 is 0. The molecule has 61 valence electrons. The molecule has 0 aromatic heterocycles. The summed E-state index contributed by atoms with van der Waals surface area (Å²) in [7, 11) is 0. The van der Waals surface area contributed by atoms with Gasteiger partial charge in [-0.3, -0.25) is 4.84 Å². The van der Waals surface area contributed by atoms with Crippen LogP contribution in [0.2, 0.25) is 0 Å². The summed E-state index contributed by atoms with van der Waals surface area (Å²) in [5.41, 5.74) is 3.90. The summed E-state index contributed by atoms with van der Waals surface area (Å²) in [4.78, 5) is 5.00. The van der Waals surface area contributed by atoms with Gasteiger partial charge in [0, 0.05) is 6.54 Å². The van der Waals surface area contributed by atoms with E-state index in [1.165, 1.54) is 12.8 Å². The zero-order valence-electron chi connectivity index (χ0n) is 7.10. The van der Waals surface area contributed by atoms with Crippen molar-refractivity contribution in [1.29, 1.82) is 0 Å². The molecule has 0 N–H and O–H groups in total. The van der Waals surface area contributed by atoms with Crippen LogP contribution in [0.3, 0.4) is 0 Å². The van der Waals surface area contributed by atoms with Crippen molar-refractivity contribution >= 4 is 0 Å². The fourth-order valence-electron chi connectivity index (χ4n) is 0.561. The van der Waals surface area contributed by atoms with Crippen LogP contribution in [0.4, 0.5) is 0 Å². The highest BCUT2D eigenvalue weighted by atomic mass is 16.6. The van der Waals surface area contributed by atoms with Crippen LogP contribution < -0.4 is 5.48 Å². The summed E-state index contributed by atoms with van der Waals surface area (Å²) in [6, 6.07) is 0. The first-order valence-electron chi connectivity index (χ1n) is 4.20. The molecule has 0 spiro atoms. The first-order chi connectivity index (χ1) is 4.91. The Kier molecular flexibility index (Phi) is 8.85. The molecule has 0 aromatic carbocycles. The molecule has 0 aliphatic carbocycles. The zero-order chi connectivity index (χ0) is 7.66. The van der Waals surface area contributed by atoms with Crippen LogP contribution >= 0.6 is 0 Å². The number of rotatable bonds is 7. The van der Waals surface area contributed by atoms with Gasteiger partial charge in [0.2, 0.25) is 0 Å². The Morgan fingerprint density at radius 3 is 2.40 bits per heavy atom. The highest BCUT2D eigenvalue weighted by Gasteiger charge is 1.87. The largest absolute Gasteiger partial charge is 0.282 e. The van der Waals surface area contributed by atoms with Crippen LogP contribution in [0.5, 0.6) is 0 Å². The van der Waals surface area contributed by atoms with Gasteiger partial charge in [-0.2, -0.15) is 0 Å². The minimum atomic E-state index is 0.792. The number of nitrogens with zero attached hydrogens (tertiary/aromatic N) is 1. The highest BCUT2D eigenvalue weighted by Crippen LogP contribution is 1.87. The van der Waals surface area contributed by atoms with Crippen LogP contribution in [0.15, 0.2) is 0 Å². The van der Waals surface area contributed by atoms with Crippen molar-refractivity contribution < 1.29 is 4.84 Å². The smallest absolute Gasteiger partial charge is 0.0702 e. The third kappa shape index (κ3) is 7.92. The third-order valence-corrected chi connectivity index (χ3v) is 1.28. The number of hydroxylamine groups is 1. The van der Waals surface area contributed by atoms with Gasteiger partial charge in [0.25, 0.3) is 0 Å². The molecule has 0 aliphatic heterocycles. The van der Waals surface area contributed by atoms with E-state index in [0.717, 1.165) is 26.0 Å². The topological polar surface area (TPSA) is 23.3 Å². The predicted octanol–water partition coefficient (Wildman–Crippen LogP) is 2.12. The summed E-state index contributed by atoms with van der Waals surface area (Å²) in [5, 5.41) is 0. The maximum absolute atomic E-state index is 5.00. The first-order valence-corrected chi connectivity index (χ1v) is 4.20. The molecular weight excluding hydrogens is 126 g/mol. The molecule has 2 nitrogen and oxygen atoms in total. The van der Waals surface area contributed by atoms with Crippen molar-refractivity contribution in [2.24, 2.45) is 0 Å². The van der Waals surface area contributed by atoms with E-state index < -0.39 is 0 Å². The first kappa shape index (κ1) is 9.92. The Labute approximate surface area is 63.9 Å². The van der Waals surface area contributed by atoms with E-state index in [0.29, 0.717) is 0 Å². The summed E-state index contributed by atoms with van der Waals surface area (Å²) < 4.78 is 0. The molecule has 0 amide bonds. The van der Waals surface area contributed by atoms with Gasteiger partial charge in [0.15, 0.2) is 0 Å². The van der Waals surface area contributed by atoms with Gasteiger partial charge in [0.1, 0.15) is 0 Å². The summed E-state index contributed by atoms with van der Waals surface area (Å²) in [6.07, 6.45) is 4.64. The minimum absolute atomic E-state index is 0.792. The van der Waals surface area contributed by atoms with Gasteiger partial charge in [-0.15, -0.1) is 0 Å². The molecule has 0 bridgehead atoms. The molecular formula is C8H18NO. The van der Waals surface area contributed by atoms with E-state index in [-0.39, 0.29) is 0 Å². The second-order valence-electron chi connectivity index (χ2n) is 2.39. The van der Waals surface area contributed by atoms with Gasteiger partial charge in [-0.05, 0) is 12.8 Å². The average Bonchev–Trinajstić information content (AvgIpc) is 1.97. The standard InChI is InChI=1S/C8H18NO/c1-3-5-7-9-10-8-6-4-2/h3-8H2,1-2H3. The molecule has 10 heavy (non-hydrogen) atoms. The fraction of sp³-hybridized carbons (Fsp3) is 1.00. The lowest BCUT2D eigenvalue weighted by Gasteiger charge is -1.99. The fourth-order valence-corrected chi connectivity index (χ4v) is 0.561. The molecule has 0 aromatic rings. The molecule has 0 unspecified atom stereocenters. The van der Waals surface area contributed by atoms with Gasteiger partial charge in [-0.1, -0.05) is 32.2 Å². The number of hydrogen-bond donors (Lipinski definition) is 0. The highest BCUT2D eigenvalue weighted by molar-refractivity contribution is 4.34.